The van der Waals surface area contributed by atoms with Crippen LogP contribution in [0.25, 0.3) is 0 Å². The van der Waals surface area contributed by atoms with Crippen LogP contribution in [-0.2, 0) is 9.53 Å². The summed E-state index contributed by atoms with van der Waals surface area (Å²) in [7, 11) is 0. The molecule has 0 saturated carbocycles. The van der Waals surface area contributed by atoms with E-state index in [1.54, 1.807) is 6.92 Å². The van der Waals surface area contributed by atoms with Crippen LogP contribution in [0.2, 0.25) is 0 Å². The van der Waals surface area contributed by atoms with Crippen molar-refractivity contribution in [2.45, 2.75) is 78.2 Å². The Morgan fingerprint density at radius 3 is 2.18 bits per heavy atom. The summed E-state index contributed by atoms with van der Waals surface area (Å²) in [4.78, 5) is 11.4. The van der Waals surface area contributed by atoms with E-state index < -0.39 is 0 Å². The smallest absolute Gasteiger partial charge is 0.333 e. The number of esters is 1. The van der Waals surface area contributed by atoms with E-state index >= 15 is 0 Å². The lowest BCUT2D eigenvalue weighted by Crippen LogP contribution is -2.28. The molecule has 0 aliphatic heterocycles. The van der Waals surface area contributed by atoms with Crippen LogP contribution in [-0.4, -0.2) is 11.6 Å². The van der Waals surface area contributed by atoms with Crippen LogP contribution in [0.5, 0.6) is 0 Å². The number of hydrogen-bond donors (Lipinski definition) is 0. The van der Waals surface area contributed by atoms with E-state index in [0.29, 0.717) is 5.57 Å². The molecule has 2 heteroatoms. The Bertz CT molecular complexity index is 241. The molecule has 0 aliphatic carbocycles. The van der Waals surface area contributed by atoms with E-state index in [0.717, 1.165) is 12.8 Å². The molecule has 0 bridgehead atoms. The van der Waals surface area contributed by atoms with Gasteiger partial charge in [-0.1, -0.05) is 45.6 Å². The van der Waals surface area contributed by atoms with E-state index in [9.17, 15) is 4.79 Å². The van der Waals surface area contributed by atoms with Gasteiger partial charge in [0.2, 0.25) is 0 Å². The van der Waals surface area contributed by atoms with E-state index in [1.165, 1.54) is 32.1 Å². The van der Waals surface area contributed by atoms with Gasteiger partial charge in [0.05, 0.1) is 0 Å². The Balaban J connectivity index is 3.71. The molecule has 100 valence electrons. The highest BCUT2D eigenvalue weighted by Gasteiger charge is 2.22. The maximum absolute atomic E-state index is 11.4. The lowest BCUT2D eigenvalue weighted by atomic mass is 9.99. The number of carbonyl (C=O) groups excluding carboxylic acids is 1. The van der Waals surface area contributed by atoms with Gasteiger partial charge in [0.15, 0.2) is 0 Å². The molecule has 0 amide bonds. The molecule has 0 unspecified atom stereocenters. The van der Waals surface area contributed by atoms with Gasteiger partial charge in [0.25, 0.3) is 0 Å². The summed E-state index contributed by atoms with van der Waals surface area (Å²) in [5.74, 6) is -0.277. The van der Waals surface area contributed by atoms with E-state index in [2.05, 4.69) is 13.5 Å². The molecule has 0 radical (unpaired) electrons. The molecule has 0 aromatic rings. The zero-order valence-corrected chi connectivity index (χ0v) is 12.0. The highest BCUT2D eigenvalue weighted by Crippen LogP contribution is 2.20. The van der Waals surface area contributed by atoms with Crippen LogP contribution in [0.3, 0.4) is 0 Å². The summed E-state index contributed by atoms with van der Waals surface area (Å²) in [6.07, 6.45) is 8.50. The highest BCUT2D eigenvalue weighted by molar-refractivity contribution is 5.87. The minimum Gasteiger partial charge on any atom is -0.456 e. The van der Waals surface area contributed by atoms with Crippen molar-refractivity contribution in [3.8, 4) is 0 Å². The standard InChI is InChI=1S/C15H28O2/c1-6-7-8-9-10-11-12-15(4,5)17-14(16)13(2)3/h2,6-12H2,1,3-5H3. The minimum absolute atomic E-state index is 0.277. The predicted octanol–water partition coefficient (Wildman–Crippen LogP) is 4.63. The number of hydrogen-bond acceptors (Lipinski definition) is 2. The summed E-state index contributed by atoms with van der Waals surface area (Å²) >= 11 is 0. The molecule has 2 nitrogen and oxygen atoms in total. The summed E-state index contributed by atoms with van der Waals surface area (Å²) in [5, 5.41) is 0. The van der Waals surface area contributed by atoms with Crippen molar-refractivity contribution < 1.29 is 9.53 Å². The summed E-state index contributed by atoms with van der Waals surface area (Å²) in [6, 6.07) is 0. The van der Waals surface area contributed by atoms with Gasteiger partial charge in [-0.15, -0.1) is 0 Å². The lowest BCUT2D eigenvalue weighted by molar-refractivity contribution is -0.152. The average molecular weight is 240 g/mol. The Kier molecular flexibility index (Phi) is 7.94. The zero-order chi connectivity index (χ0) is 13.3. The summed E-state index contributed by atoms with van der Waals surface area (Å²) in [6.45, 7) is 11.4. The van der Waals surface area contributed by atoms with Crippen LogP contribution in [0, 0.1) is 0 Å². The van der Waals surface area contributed by atoms with Gasteiger partial charge in [0, 0.05) is 5.57 Å². The second-order valence-corrected chi connectivity index (χ2v) is 5.45. The van der Waals surface area contributed by atoms with Gasteiger partial charge in [-0.3, -0.25) is 0 Å². The van der Waals surface area contributed by atoms with Crippen molar-refractivity contribution >= 4 is 5.97 Å². The number of carbonyl (C=O) groups is 1. The van der Waals surface area contributed by atoms with Crippen LogP contribution >= 0.6 is 0 Å². The Morgan fingerprint density at radius 2 is 1.65 bits per heavy atom. The minimum atomic E-state index is -0.360. The first-order chi connectivity index (χ1) is 7.89. The normalized spacial score (nSPS) is 11.3. The molecule has 0 N–H and O–H groups in total. The van der Waals surface area contributed by atoms with Crippen molar-refractivity contribution in [3.05, 3.63) is 12.2 Å². The Hall–Kier alpha value is -0.790. The topological polar surface area (TPSA) is 26.3 Å². The lowest BCUT2D eigenvalue weighted by Gasteiger charge is -2.25. The molecule has 0 heterocycles. The van der Waals surface area contributed by atoms with E-state index in [1.807, 2.05) is 13.8 Å². The van der Waals surface area contributed by atoms with E-state index in [4.69, 9.17) is 4.74 Å². The van der Waals surface area contributed by atoms with Crippen molar-refractivity contribution in [3.63, 3.8) is 0 Å². The fraction of sp³-hybridized carbons (Fsp3) is 0.800. The molecular weight excluding hydrogens is 212 g/mol. The van der Waals surface area contributed by atoms with Crippen LogP contribution in [0.1, 0.15) is 72.6 Å². The first kappa shape index (κ1) is 16.2. The second kappa shape index (κ2) is 8.32. The average Bonchev–Trinajstić information content (AvgIpc) is 2.22. The zero-order valence-electron chi connectivity index (χ0n) is 12.0. The molecule has 0 aliphatic rings. The third-order valence-corrected chi connectivity index (χ3v) is 2.85. The van der Waals surface area contributed by atoms with Crippen LogP contribution in [0.15, 0.2) is 12.2 Å². The predicted molar refractivity (Wildman–Crippen MR) is 73.0 cm³/mol. The first-order valence-electron chi connectivity index (χ1n) is 6.78. The van der Waals surface area contributed by atoms with Crippen molar-refractivity contribution in [2.75, 3.05) is 0 Å². The van der Waals surface area contributed by atoms with Crippen molar-refractivity contribution in [2.24, 2.45) is 0 Å². The first-order valence-corrected chi connectivity index (χ1v) is 6.78. The van der Waals surface area contributed by atoms with Crippen molar-refractivity contribution in [1.29, 1.82) is 0 Å². The maximum atomic E-state index is 11.4. The van der Waals surface area contributed by atoms with Gasteiger partial charge in [0.1, 0.15) is 5.60 Å². The Morgan fingerprint density at radius 1 is 1.12 bits per heavy atom. The third kappa shape index (κ3) is 8.96. The molecule has 0 saturated heterocycles. The van der Waals surface area contributed by atoms with Gasteiger partial charge in [-0.05, 0) is 33.6 Å². The Labute approximate surface area is 106 Å². The number of ether oxygens (including phenoxy) is 1. The number of unbranched alkanes of at least 4 members (excludes halogenated alkanes) is 5. The fourth-order valence-electron chi connectivity index (χ4n) is 1.72. The van der Waals surface area contributed by atoms with Crippen LogP contribution in [0.4, 0.5) is 0 Å². The molecule has 0 rings (SSSR count). The molecule has 0 aromatic heterocycles. The van der Waals surface area contributed by atoms with Gasteiger partial charge >= 0.3 is 5.97 Å². The third-order valence-electron chi connectivity index (χ3n) is 2.85. The summed E-state index contributed by atoms with van der Waals surface area (Å²) in [5.41, 5.74) is 0.113. The quantitative estimate of drug-likeness (QED) is 0.333. The molecule has 0 aromatic carbocycles. The maximum Gasteiger partial charge on any atom is 0.333 e. The van der Waals surface area contributed by atoms with Gasteiger partial charge in [-0.25, -0.2) is 4.79 Å². The molecule has 0 atom stereocenters. The molecule has 0 spiro atoms. The van der Waals surface area contributed by atoms with Gasteiger partial charge in [-0.2, -0.15) is 0 Å². The SMILES string of the molecule is C=C(C)C(=O)OC(C)(C)CCCCCCCC. The number of rotatable bonds is 9. The summed E-state index contributed by atoms with van der Waals surface area (Å²) < 4.78 is 5.39. The second-order valence-electron chi connectivity index (χ2n) is 5.45. The van der Waals surface area contributed by atoms with Gasteiger partial charge < -0.3 is 4.74 Å². The molecule has 0 fully saturated rings. The fourth-order valence-corrected chi connectivity index (χ4v) is 1.72. The highest BCUT2D eigenvalue weighted by atomic mass is 16.6. The van der Waals surface area contributed by atoms with Crippen LogP contribution < -0.4 is 0 Å². The molecule has 17 heavy (non-hydrogen) atoms. The molecular formula is C15H28O2. The largest absolute Gasteiger partial charge is 0.456 e. The van der Waals surface area contributed by atoms with E-state index in [-0.39, 0.29) is 11.6 Å². The van der Waals surface area contributed by atoms with Crippen molar-refractivity contribution in [1.82, 2.24) is 0 Å². The monoisotopic (exact) mass is 240 g/mol.